The van der Waals surface area contributed by atoms with Crippen molar-refractivity contribution in [3.63, 3.8) is 0 Å². The van der Waals surface area contributed by atoms with Crippen LogP contribution >= 0.6 is 0 Å². The Bertz CT molecular complexity index is 430. The van der Waals surface area contributed by atoms with Gasteiger partial charge in [-0.3, -0.25) is 4.90 Å². The molecule has 3 nitrogen and oxygen atoms in total. The van der Waals surface area contributed by atoms with E-state index in [0.29, 0.717) is 12.8 Å². The van der Waals surface area contributed by atoms with Gasteiger partial charge in [-0.05, 0) is 36.1 Å². The van der Waals surface area contributed by atoms with Crippen LogP contribution in [0.1, 0.15) is 23.6 Å². The second-order valence-corrected chi connectivity index (χ2v) is 4.49. The van der Waals surface area contributed by atoms with Crippen LogP contribution < -0.4 is 9.47 Å². The molecule has 0 bridgehead atoms. The van der Waals surface area contributed by atoms with E-state index in [1.165, 1.54) is 30.6 Å². The third-order valence-corrected chi connectivity index (χ3v) is 3.79. The van der Waals surface area contributed by atoms with Crippen LogP contribution in [0.3, 0.4) is 0 Å². The normalized spacial score (nSPS) is 26.8. The van der Waals surface area contributed by atoms with E-state index in [4.69, 9.17) is 9.47 Å². The fourth-order valence-electron chi connectivity index (χ4n) is 2.85. The van der Waals surface area contributed by atoms with E-state index >= 15 is 0 Å². The lowest BCUT2D eigenvalue weighted by atomic mass is 9.85. The number of benzene rings is 1. The SMILES string of the molecule is c1c2c(cc3c1OCO3)C1CCN1CC2. The Labute approximate surface area is 88.6 Å². The topological polar surface area (TPSA) is 21.7 Å². The van der Waals surface area contributed by atoms with Gasteiger partial charge >= 0.3 is 0 Å². The molecular weight excluding hydrogens is 190 g/mol. The highest BCUT2D eigenvalue weighted by Gasteiger charge is 2.35. The molecule has 1 aromatic carbocycles. The first-order valence-electron chi connectivity index (χ1n) is 5.58. The van der Waals surface area contributed by atoms with Gasteiger partial charge in [-0.15, -0.1) is 0 Å². The molecule has 78 valence electrons. The molecule has 1 atom stereocenters. The summed E-state index contributed by atoms with van der Waals surface area (Å²) >= 11 is 0. The lowest BCUT2D eigenvalue weighted by Crippen LogP contribution is -2.45. The first-order chi connectivity index (χ1) is 7.42. The maximum Gasteiger partial charge on any atom is 0.231 e. The molecule has 0 radical (unpaired) electrons. The van der Waals surface area contributed by atoms with Gasteiger partial charge in [-0.25, -0.2) is 0 Å². The van der Waals surface area contributed by atoms with Gasteiger partial charge in [0.15, 0.2) is 11.5 Å². The summed E-state index contributed by atoms with van der Waals surface area (Å²) in [6.07, 6.45) is 2.45. The Morgan fingerprint density at radius 2 is 2.00 bits per heavy atom. The molecule has 0 spiro atoms. The van der Waals surface area contributed by atoms with E-state index < -0.39 is 0 Å². The van der Waals surface area contributed by atoms with Crippen LogP contribution in [-0.4, -0.2) is 24.8 Å². The summed E-state index contributed by atoms with van der Waals surface area (Å²) < 4.78 is 10.8. The molecule has 0 amide bonds. The molecule has 1 fully saturated rings. The van der Waals surface area contributed by atoms with Crippen molar-refractivity contribution in [2.45, 2.75) is 18.9 Å². The fraction of sp³-hybridized carbons (Fsp3) is 0.500. The monoisotopic (exact) mass is 203 g/mol. The predicted octanol–water partition coefficient (Wildman–Crippen LogP) is 1.72. The zero-order chi connectivity index (χ0) is 9.83. The first-order valence-corrected chi connectivity index (χ1v) is 5.58. The quantitative estimate of drug-likeness (QED) is 0.640. The Morgan fingerprint density at radius 1 is 1.13 bits per heavy atom. The van der Waals surface area contributed by atoms with Gasteiger partial charge in [-0.1, -0.05) is 0 Å². The van der Waals surface area contributed by atoms with Crippen molar-refractivity contribution in [3.05, 3.63) is 23.3 Å². The average Bonchev–Trinajstić information content (AvgIpc) is 2.62. The van der Waals surface area contributed by atoms with Crippen molar-refractivity contribution in [2.24, 2.45) is 0 Å². The van der Waals surface area contributed by atoms with Gasteiger partial charge in [0.2, 0.25) is 6.79 Å². The van der Waals surface area contributed by atoms with Gasteiger partial charge in [-0.2, -0.15) is 0 Å². The zero-order valence-corrected chi connectivity index (χ0v) is 8.53. The molecule has 15 heavy (non-hydrogen) atoms. The van der Waals surface area contributed by atoms with E-state index in [1.807, 2.05) is 0 Å². The van der Waals surface area contributed by atoms with Crippen LogP contribution in [0.4, 0.5) is 0 Å². The molecule has 1 unspecified atom stereocenters. The van der Waals surface area contributed by atoms with Crippen LogP contribution in [0.2, 0.25) is 0 Å². The number of hydrogen-bond acceptors (Lipinski definition) is 3. The highest BCUT2D eigenvalue weighted by Crippen LogP contribution is 2.44. The molecule has 0 N–H and O–H groups in total. The maximum absolute atomic E-state index is 5.43. The molecule has 1 aromatic rings. The van der Waals surface area contributed by atoms with Gasteiger partial charge in [0, 0.05) is 19.1 Å². The van der Waals surface area contributed by atoms with E-state index in [9.17, 15) is 0 Å². The third-order valence-electron chi connectivity index (χ3n) is 3.79. The minimum atomic E-state index is 0.382. The van der Waals surface area contributed by atoms with Crippen LogP contribution in [0.5, 0.6) is 11.5 Å². The van der Waals surface area contributed by atoms with Crippen molar-refractivity contribution in [1.29, 1.82) is 0 Å². The summed E-state index contributed by atoms with van der Waals surface area (Å²) in [7, 11) is 0. The Hall–Kier alpha value is -1.22. The average molecular weight is 203 g/mol. The summed E-state index contributed by atoms with van der Waals surface area (Å²) in [5, 5.41) is 0. The lowest BCUT2D eigenvalue weighted by molar-refractivity contribution is 0.0808. The number of fused-ring (bicyclic) bond motifs is 4. The zero-order valence-electron chi connectivity index (χ0n) is 8.53. The fourth-order valence-corrected chi connectivity index (χ4v) is 2.85. The van der Waals surface area contributed by atoms with Gasteiger partial charge in [0.05, 0.1) is 0 Å². The van der Waals surface area contributed by atoms with Crippen LogP contribution in [-0.2, 0) is 6.42 Å². The molecule has 0 saturated carbocycles. The molecular formula is C12H13NO2. The molecule has 0 aromatic heterocycles. The Balaban J connectivity index is 1.86. The Morgan fingerprint density at radius 3 is 2.80 bits per heavy atom. The van der Waals surface area contributed by atoms with Crippen molar-refractivity contribution < 1.29 is 9.47 Å². The van der Waals surface area contributed by atoms with Crippen molar-refractivity contribution in [2.75, 3.05) is 19.9 Å². The smallest absolute Gasteiger partial charge is 0.231 e. The molecule has 3 aliphatic rings. The van der Waals surface area contributed by atoms with E-state index in [1.54, 1.807) is 0 Å². The highest BCUT2D eigenvalue weighted by atomic mass is 16.7. The first kappa shape index (κ1) is 7.99. The van der Waals surface area contributed by atoms with Crippen LogP contribution in [0.15, 0.2) is 12.1 Å². The second kappa shape index (κ2) is 2.67. The molecule has 0 aliphatic carbocycles. The molecule has 3 heterocycles. The molecule has 3 heteroatoms. The highest BCUT2D eigenvalue weighted by molar-refractivity contribution is 5.51. The van der Waals surface area contributed by atoms with Crippen LogP contribution in [0, 0.1) is 0 Å². The number of hydrogen-bond donors (Lipinski definition) is 0. The van der Waals surface area contributed by atoms with Gasteiger partial charge in [0.25, 0.3) is 0 Å². The summed E-state index contributed by atoms with van der Waals surface area (Å²) in [5.74, 6) is 1.86. The number of ether oxygens (including phenoxy) is 2. The largest absolute Gasteiger partial charge is 0.454 e. The van der Waals surface area contributed by atoms with Gasteiger partial charge in [0.1, 0.15) is 0 Å². The third kappa shape index (κ3) is 0.988. The van der Waals surface area contributed by atoms with Crippen molar-refractivity contribution >= 4 is 0 Å². The minimum Gasteiger partial charge on any atom is -0.454 e. The molecule has 4 rings (SSSR count). The standard InChI is InChI=1S/C12H13NO2/c1-3-13-4-2-10(13)9-6-12-11(5-8(1)9)14-7-15-12/h5-6,10H,1-4,7H2. The maximum atomic E-state index is 5.43. The number of rotatable bonds is 0. The summed E-state index contributed by atoms with van der Waals surface area (Å²) in [5.41, 5.74) is 2.93. The van der Waals surface area contributed by atoms with Crippen LogP contribution in [0.25, 0.3) is 0 Å². The minimum absolute atomic E-state index is 0.382. The number of nitrogens with zero attached hydrogens (tertiary/aromatic N) is 1. The van der Waals surface area contributed by atoms with E-state index in [0.717, 1.165) is 17.9 Å². The summed E-state index contributed by atoms with van der Waals surface area (Å²) in [6.45, 7) is 2.85. The summed E-state index contributed by atoms with van der Waals surface area (Å²) in [4.78, 5) is 2.55. The van der Waals surface area contributed by atoms with E-state index in [-0.39, 0.29) is 0 Å². The van der Waals surface area contributed by atoms with Crippen molar-refractivity contribution in [1.82, 2.24) is 4.90 Å². The summed E-state index contributed by atoms with van der Waals surface area (Å²) in [6, 6.07) is 5.02. The van der Waals surface area contributed by atoms with Gasteiger partial charge < -0.3 is 9.47 Å². The Kier molecular flexibility index (Phi) is 1.42. The second-order valence-electron chi connectivity index (χ2n) is 4.49. The predicted molar refractivity (Wildman–Crippen MR) is 55.2 cm³/mol. The molecule has 1 saturated heterocycles. The van der Waals surface area contributed by atoms with E-state index in [2.05, 4.69) is 17.0 Å². The molecule has 3 aliphatic heterocycles. The lowest BCUT2D eigenvalue weighted by Gasteiger charge is -2.45. The van der Waals surface area contributed by atoms with Crippen molar-refractivity contribution in [3.8, 4) is 11.5 Å².